The lowest BCUT2D eigenvalue weighted by molar-refractivity contribution is 0.482. The lowest BCUT2D eigenvalue weighted by atomic mass is 10.1. The first-order chi connectivity index (χ1) is 8.56. The molecule has 0 aliphatic heterocycles. The van der Waals surface area contributed by atoms with Crippen LogP contribution < -0.4 is 10.5 Å². The van der Waals surface area contributed by atoms with Gasteiger partial charge in [0.1, 0.15) is 11.5 Å². The Bertz CT molecular complexity index is 535. The lowest BCUT2D eigenvalue weighted by Gasteiger charge is -2.11. The van der Waals surface area contributed by atoms with E-state index in [1.807, 2.05) is 56.3 Å². The largest absolute Gasteiger partial charge is 0.456 e. The smallest absolute Gasteiger partial charge is 0.146 e. The van der Waals surface area contributed by atoms with Gasteiger partial charge in [-0.15, -0.1) is 0 Å². The molecule has 0 radical (unpaired) electrons. The van der Waals surface area contributed by atoms with Crippen molar-refractivity contribution in [2.24, 2.45) is 5.73 Å². The summed E-state index contributed by atoms with van der Waals surface area (Å²) in [5, 5.41) is 0.574. The predicted octanol–water partition coefficient (Wildman–Crippen LogP) is 4.46. The van der Waals surface area contributed by atoms with Crippen LogP contribution in [-0.4, -0.2) is 0 Å². The molecule has 2 aromatic rings. The van der Waals surface area contributed by atoms with E-state index in [2.05, 4.69) is 0 Å². The van der Waals surface area contributed by atoms with Crippen LogP contribution in [0.25, 0.3) is 0 Å². The minimum Gasteiger partial charge on any atom is -0.456 e. The van der Waals surface area contributed by atoms with Crippen LogP contribution in [0, 0.1) is 6.92 Å². The molecule has 2 N–H and O–H groups in total. The van der Waals surface area contributed by atoms with E-state index < -0.39 is 0 Å². The molecule has 0 saturated carbocycles. The van der Waals surface area contributed by atoms with Crippen molar-refractivity contribution in [3.63, 3.8) is 0 Å². The Labute approximate surface area is 112 Å². The number of hydrogen-bond donors (Lipinski definition) is 1. The second-order valence-corrected chi connectivity index (χ2v) is 4.80. The summed E-state index contributed by atoms with van der Waals surface area (Å²) in [5.74, 6) is 1.42. The molecule has 0 fully saturated rings. The van der Waals surface area contributed by atoms with Crippen molar-refractivity contribution in [1.29, 1.82) is 0 Å². The van der Waals surface area contributed by atoms with E-state index in [1.54, 1.807) is 0 Å². The third-order valence-corrected chi connectivity index (χ3v) is 3.03. The monoisotopic (exact) mass is 261 g/mol. The first kappa shape index (κ1) is 12.9. The summed E-state index contributed by atoms with van der Waals surface area (Å²) in [5.41, 5.74) is 7.99. The molecule has 0 unspecified atom stereocenters. The molecule has 0 aromatic heterocycles. The summed E-state index contributed by atoms with van der Waals surface area (Å²) in [6.07, 6.45) is 0. The molecule has 0 spiro atoms. The molecule has 2 rings (SSSR count). The fraction of sp³-hybridized carbons (Fsp3) is 0.200. The Morgan fingerprint density at radius 2 is 1.78 bits per heavy atom. The van der Waals surface area contributed by atoms with Crippen molar-refractivity contribution < 1.29 is 4.74 Å². The molecule has 0 aliphatic carbocycles. The Hall–Kier alpha value is -1.51. The molecule has 0 heterocycles. The van der Waals surface area contributed by atoms with Crippen molar-refractivity contribution in [1.82, 2.24) is 0 Å². The molecule has 0 aliphatic rings. The van der Waals surface area contributed by atoms with E-state index in [1.165, 1.54) is 5.56 Å². The Kier molecular flexibility index (Phi) is 3.90. The summed E-state index contributed by atoms with van der Waals surface area (Å²) in [7, 11) is 0. The molecule has 2 nitrogen and oxygen atoms in total. The van der Waals surface area contributed by atoms with E-state index in [0.717, 1.165) is 11.3 Å². The van der Waals surface area contributed by atoms with Gasteiger partial charge >= 0.3 is 0 Å². The molecule has 0 saturated heterocycles. The van der Waals surface area contributed by atoms with E-state index >= 15 is 0 Å². The van der Waals surface area contributed by atoms with Gasteiger partial charge in [-0.2, -0.15) is 0 Å². The highest BCUT2D eigenvalue weighted by molar-refractivity contribution is 6.32. The van der Waals surface area contributed by atoms with Crippen LogP contribution >= 0.6 is 11.6 Å². The summed E-state index contributed by atoms with van der Waals surface area (Å²) in [6, 6.07) is 13.4. The first-order valence-electron chi connectivity index (χ1n) is 5.86. The maximum atomic E-state index is 6.17. The van der Waals surface area contributed by atoms with Crippen LogP contribution in [0.5, 0.6) is 11.5 Å². The maximum absolute atomic E-state index is 6.17. The summed E-state index contributed by atoms with van der Waals surface area (Å²) < 4.78 is 5.73. The van der Waals surface area contributed by atoms with Gasteiger partial charge in [-0.1, -0.05) is 35.4 Å². The van der Waals surface area contributed by atoms with Crippen molar-refractivity contribution in [2.45, 2.75) is 19.9 Å². The molecular formula is C15H16ClNO. The van der Waals surface area contributed by atoms with Crippen LogP contribution in [0.15, 0.2) is 42.5 Å². The highest BCUT2D eigenvalue weighted by Crippen LogP contribution is 2.31. The lowest BCUT2D eigenvalue weighted by Crippen LogP contribution is -2.04. The van der Waals surface area contributed by atoms with Gasteiger partial charge in [-0.3, -0.25) is 0 Å². The number of ether oxygens (including phenoxy) is 1. The van der Waals surface area contributed by atoms with Crippen molar-refractivity contribution in [3.05, 3.63) is 58.6 Å². The molecule has 3 heteroatoms. The minimum atomic E-state index is -0.0316. The standard InChI is InChI=1S/C15H16ClNO/c1-10-3-6-13(7-4-10)18-15-8-5-12(11(2)17)9-14(15)16/h3-9,11H,17H2,1-2H3/t11-/m1/s1. The zero-order valence-electron chi connectivity index (χ0n) is 10.5. The van der Waals surface area contributed by atoms with Gasteiger partial charge in [0, 0.05) is 6.04 Å². The van der Waals surface area contributed by atoms with E-state index in [-0.39, 0.29) is 6.04 Å². The Balaban J connectivity index is 2.22. The van der Waals surface area contributed by atoms with E-state index in [9.17, 15) is 0 Å². The topological polar surface area (TPSA) is 35.2 Å². The molecule has 0 amide bonds. The Morgan fingerprint density at radius 1 is 1.11 bits per heavy atom. The second kappa shape index (κ2) is 5.42. The van der Waals surface area contributed by atoms with Crippen molar-refractivity contribution >= 4 is 11.6 Å². The van der Waals surface area contributed by atoms with Crippen LogP contribution in [0.1, 0.15) is 24.1 Å². The van der Waals surface area contributed by atoms with Gasteiger partial charge in [-0.05, 0) is 43.7 Å². The molecule has 0 bridgehead atoms. The number of nitrogens with two attached hydrogens (primary N) is 1. The zero-order chi connectivity index (χ0) is 13.1. The van der Waals surface area contributed by atoms with Gasteiger partial charge in [-0.25, -0.2) is 0 Å². The van der Waals surface area contributed by atoms with Crippen LogP contribution in [0.4, 0.5) is 0 Å². The van der Waals surface area contributed by atoms with Crippen LogP contribution in [0.3, 0.4) is 0 Å². The first-order valence-corrected chi connectivity index (χ1v) is 6.23. The van der Waals surface area contributed by atoms with Gasteiger partial charge in [0.25, 0.3) is 0 Å². The zero-order valence-corrected chi connectivity index (χ0v) is 11.2. The normalized spacial score (nSPS) is 12.2. The molecule has 94 valence electrons. The number of aryl methyl sites for hydroxylation is 1. The van der Waals surface area contributed by atoms with E-state index in [0.29, 0.717) is 10.8 Å². The maximum Gasteiger partial charge on any atom is 0.146 e. The molecule has 2 aromatic carbocycles. The predicted molar refractivity (Wildman–Crippen MR) is 75.3 cm³/mol. The molecular weight excluding hydrogens is 246 g/mol. The summed E-state index contributed by atoms with van der Waals surface area (Å²) in [6.45, 7) is 3.96. The number of benzene rings is 2. The average Bonchev–Trinajstić information content (AvgIpc) is 2.34. The minimum absolute atomic E-state index is 0.0316. The third kappa shape index (κ3) is 3.03. The summed E-state index contributed by atoms with van der Waals surface area (Å²) >= 11 is 6.17. The van der Waals surface area contributed by atoms with Crippen molar-refractivity contribution in [2.75, 3.05) is 0 Å². The van der Waals surface area contributed by atoms with Gasteiger partial charge in [0.2, 0.25) is 0 Å². The highest BCUT2D eigenvalue weighted by Gasteiger charge is 2.06. The van der Waals surface area contributed by atoms with Crippen LogP contribution in [-0.2, 0) is 0 Å². The van der Waals surface area contributed by atoms with Gasteiger partial charge in [0.15, 0.2) is 0 Å². The van der Waals surface area contributed by atoms with Gasteiger partial charge in [0.05, 0.1) is 5.02 Å². The van der Waals surface area contributed by atoms with Crippen molar-refractivity contribution in [3.8, 4) is 11.5 Å². The fourth-order valence-electron chi connectivity index (χ4n) is 1.62. The second-order valence-electron chi connectivity index (χ2n) is 4.39. The summed E-state index contributed by atoms with van der Waals surface area (Å²) in [4.78, 5) is 0. The number of halogens is 1. The average molecular weight is 262 g/mol. The Morgan fingerprint density at radius 3 is 2.33 bits per heavy atom. The fourth-order valence-corrected chi connectivity index (χ4v) is 1.84. The third-order valence-electron chi connectivity index (χ3n) is 2.73. The van der Waals surface area contributed by atoms with Crippen LogP contribution in [0.2, 0.25) is 5.02 Å². The SMILES string of the molecule is Cc1ccc(Oc2ccc([C@@H](C)N)cc2Cl)cc1. The number of hydrogen-bond acceptors (Lipinski definition) is 2. The quantitative estimate of drug-likeness (QED) is 0.885. The molecule has 18 heavy (non-hydrogen) atoms. The van der Waals surface area contributed by atoms with E-state index in [4.69, 9.17) is 22.1 Å². The van der Waals surface area contributed by atoms with Gasteiger partial charge < -0.3 is 10.5 Å². The molecule has 1 atom stereocenters. The number of rotatable bonds is 3. The highest BCUT2D eigenvalue weighted by atomic mass is 35.5.